The molecule has 0 saturated heterocycles. The zero-order valence-electron chi connectivity index (χ0n) is 9.26. The molecule has 0 atom stereocenters. The van der Waals surface area contributed by atoms with Crippen molar-refractivity contribution in [2.24, 2.45) is 0 Å². The van der Waals surface area contributed by atoms with Gasteiger partial charge in [0.1, 0.15) is 0 Å². The number of benzene rings is 1. The Morgan fingerprint density at radius 1 is 1.40 bits per heavy atom. The summed E-state index contributed by atoms with van der Waals surface area (Å²) in [5.74, 6) is 1.29. The van der Waals surface area contributed by atoms with Gasteiger partial charge in [-0.25, -0.2) is 0 Å². The Labute approximate surface area is 95.3 Å². The third-order valence-corrected chi connectivity index (χ3v) is 2.23. The van der Waals surface area contributed by atoms with E-state index in [4.69, 9.17) is 21.1 Å². The van der Waals surface area contributed by atoms with Gasteiger partial charge in [0.05, 0.1) is 18.7 Å². The summed E-state index contributed by atoms with van der Waals surface area (Å²) in [5, 5.41) is 3.64. The zero-order chi connectivity index (χ0) is 11.3. The summed E-state index contributed by atoms with van der Waals surface area (Å²) < 4.78 is 10.6. The molecule has 0 unspecified atom stereocenters. The van der Waals surface area contributed by atoms with Crippen molar-refractivity contribution in [1.82, 2.24) is 5.32 Å². The van der Waals surface area contributed by atoms with E-state index in [9.17, 15) is 0 Å². The average molecular weight is 230 g/mol. The first-order valence-electron chi connectivity index (χ1n) is 4.86. The normalized spacial score (nSPS) is 10.1. The van der Waals surface area contributed by atoms with E-state index >= 15 is 0 Å². The van der Waals surface area contributed by atoms with E-state index in [1.54, 1.807) is 7.11 Å². The summed E-state index contributed by atoms with van der Waals surface area (Å²) in [5.41, 5.74) is 1.08. The SMILES string of the molecule is CCOc1cc(CNC)cc(Cl)c1OC. The van der Waals surface area contributed by atoms with E-state index in [1.807, 2.05) is 26.1 Å². The standard InChI is InChI=1S/C11H16ClNO2/c1-4-15-10-6-8(7-13-2)5-9(12)11(10)14-3/h5-6,13H,4,7H2,1-3H3. The highest BCUT2D eigenvalue weighted by atomic mass is 35.5. The van der Waals surface area contributed by atoms with Gasteiger partial charge in [-0.1, -0.05) is 11.6 Å². The predicted octanol–water partition coefficient (Wildman–Crippen LogP) is 2.47. The van der Waals surface area contributed by atoms with Gasteiger partial charge >= 0.3 is 0 Å². The quantitative estimate of drug-likeness (QED) is 0.842. The summed E-state index contributed by atoms with van der Waals surface area (Å²) in [6, 6.07) is 3.81. The maximum Gasteiger partial charge on any atom is 0.179 e. The van der Waals surface area contributed by atoms with Gasteiger partial charge in [0, 0.05) is 6.54 Å². The first-order chi connectivity index (χ1) is 7.22. The van der Waals surface area contributed by atoms with Gasteiger partial charge in [-0.3, -0.25) is 0 Å². The fraction of sp³-hybridized carbons (Fsp3) is 0.455. The van der Waals surface area contributed by atoms with Crippen molar-refractivity contribution in [3.8, 4) is 11.5 Å². The molecule has 0 bridgehead atoms. The van der Waals surface area contributed by atoms with Crippen molar-refractivity contribution < 1.29 is 9.47 Å². The summed E-state index contributed by atoms with van der Waals surface area (Å²) in [7, 11) is 3.47. The summed E-state index contributed by atoms with van der Waals surface area (Å²) in [6.07, 6.45) is 0. The topological polar surface area (TPSA) is 30.5 Å². The zero-order valence-corrected chi connectivity index (χ0v) is 10.0. The molecule has 0 aliphatic heterocycles. The van der Waals surface area contributed by atoms with Crippen LogP contribution < -0.4 is 14.8 Å². The lowest BCUT2D eigenvalue weighted by molar-refractivity contribution is 0.310. The monoisotopic (exact) mass is 229 g/mol. The van der Waals surface area contributed by atoms with Gasteiger partial charge in [-0.15, -0.1) is 0 Å². The second-order valence-corrected chi connectivity index (χ2v) is 3.48. The van der Waals surface area contributed by atoms with E-state index in [0.29, 0.717) is 23.1 Å². The number of hydrogen-bond donors (Lipinski definition) is 1. The maximum absolute atomic E-state index is 6.07. The lowest BCUT2D eigenvalue weighted by Gasteiger charge is -2.12. The molecule has 0 aliphatic carbocycles. The molecular formula is C11H16ClNO2. The van der Waals surface area contributed by atoms with Crippen LogP contribution in [0.1, 0.15) is 12.5 Å². The van der Waals surface area contributed by atoms with Crippen LogP contribution in [0.4, 0.5) is 0 Å². The molecule has 1 aromatic rings. The second-order valence-electron chi connectivity index (χ2n) is 3.07. The Balaban J connectivity index is 3.07. The number of ether oxygens (including phenoxy) is 2. The Kier molecular flexibility index (Phi) is 4.72. The minimum absolute atomic E-state index is 0.578. The molecular weight excluding hydrogens is 214 g/mol. The van der Waals surface area contributed by atoms with Crippen molar-refractivity contribution in [2.75, 3.05) is 20.8 Å². The van der Waals surface area contributed by atoms with Gasteiger partial charge in [0.25, 0.3) is 0 Å². The van der Waals surface area contributed by atoms with E-state index in [-0.39, 0.29) is 0 Å². The molecule has 0 amide bonds. The molecule has 1 aromatic carbocycles. The molecule has 3 nitrogen and oxygen atoms in total. The molecule has 1 rings (SSSR count). The minimum Gasteiger partial charge on any atom is -0.491 e. The predicted molar refractivity (Wildman–Crippen MR) is 61.9 cm³/mol. The highest BCUT2D eigenvalue weighted by molar-refractivity contribution is 6.32. The van der Waals surface area contributed by atoms with Crippen LogP contribution in [0.3, 0.4) is 0 Å². The fourth-order valence-corrected chi connectivity index (χ4v) is 1.70. The third kappa shape index (κ3) is 3.01. The van der Waals surface area contributed by atoms with Crippen molar-refractivity contribution in [1.29, 1.82) is 0 Å². The smallest absolute Gasteiger partial charge is 0.179 e. The van der Waals surface area contributed by atoms with Crippen LogP contribution >= 0.6 is 11.6 Å². The molecule has 84 valence electrons. The van der Waals surface area contributed by atoms with Crippen molar-refractivity contribution >= 4 is 11.6 Å². The minimum atomic E-state index is 0.578. The van der Waals surface area contributed by atoms with E-state index < -0.39 is 0 Å². The highest BCUT2D eigenvalue weighted by Crippen LogP contribution is 2.36. The molecule has 0 radical (unpaired) electrons. The van der Waals surface area contributed by atoms with Gasteiger partial charge in [0.15, 0.2) is 11.5 Å². The molecule has 0 heterocycles. The molecule has 0 aliphatic rings. The van der Waals surface area contributed by atoms with E-state index in [2.05, 4.69) is 5.32 Å². The van der Waals surface area contributed by atoms with Crippen molar-refractivity contribution in [2.45, 2.75) is 13.5 Å². The van der Waals surface area contributed by atoms with Crippen LogP contribution in [-0.4, -0.2) is 20.8 Å². The van der Waals surface area contributed by atoms with Crippen molar-refractivity contribution in [3.05, 3.63) is 22.7 Å². The van der Waals surface area contributed by atoms with Gasteiger partial charge < -0.3 is 14.8 Å². The number of methoxy groups -OCH3 is 1. The molecule has 0 fully saturated rings. The largest absolute Gasteiger partial charge is 0.491 e. The second kappa shape index (κ2) is 5.83. The number of hydrogen-bond acceptors (Lipinski definition) is 3. The van der Waals surface area contributed by atoms with Gasteiger partial charge in [-0.2, -0.15) is 0 Å². The van der Waals surface area contributed by atoms with Gasteiger partial charge in [0.2, 0.25) is 0 Å². The Bertz CT molecular complexity index is 329. The van der Waals surface area contributed by atoms with E-state index in [0.717, 1.165) is 12.1 Å². The van der Waals surface area contributed by atoms with Crippen LogP contribution in [0.5, 0.6) is 11.5 Å². The summed E-state index contributed by atoms with van der Waals surface area (Å²) in [4.78, 5) is 0. The number of nitrogens with one attached hydrogen (secondary N) is 1. The summed E-state index contributed by atoms with van der Waals surface area (Å²) >= 11 is 6.07. The maximum atomic E-state index is 6.07. The number of rotatable bonds is 5. The van der Waals surface area contributed by atoms with Crippen LogP contribution in [0, 0.1) is 0 Å². The van der Waals surface area contributed by atoms with Crippen LogP contribution in [-0.2, 0) is 6.54 Å². The van der Waals surface area contributed by atoms with Crippen molar-refractivity contribution in [3.63, 3.8) is 0 Å². The summed E-state index contributed by atoms with van der Waals surface area (Å²) in [6.45, 7) is 3.28. The third-order valence-electron chi connectivity index (χ3n) is 1.95. The van der Waals surface area contributed by atoms with Crippen LogP contribution in [0.25, 0.3) is 0 Å². The Morgan fingerprint density at radius 2 is 2.13 bits per heavy atom. The Morgan fingerprint density at radius 3 is 2.67 bits per heavy atom. The lowest BCUT2D eigenvalue weighted by Crippen LogP contribution is -2.06. The first-order valence-corrected chi connectivity index (χ1v) is 5.24. The lowest BCUT2D eigenvalue weighted by atomic mass is 10.2. The molecule has 15 heavy (non-hydrogen) atoms. The van der Waals surface area contributed by atoms with Crippen LogP contribution in [0.15, 0.2) is 12.1 Å². The Hall–Kier alpha value is -0.930. The first kappa shape index (κ1) is 12.1. The molecule has 0 saturated carbocycles. The molecule has 0 spiro atoms. The fourth-order valence-electron chi connectivity index (χ4n) is 1.39. The molecule has 4 heteroatoms. The van der Waals surface area contributed by atoms with Gasteiger partial charge in [-0.05, 0) is 31.7 Å². The average Bonchev–Trinajstić information content (AvgIpc) is 2.18. The van der Waals surface area contributed by atoms with Crippen LogP contribution in [0.2, 0.25) is 5.02 Å². The molecule has 0 aromatic heterocycles. The molecule has 1 N–H and O–H groups in total. The number of halogens is 1. The van der Waals surface area contributed by atoms with E-state index in [1.165, 1.54) is 0 Å². The highest BCUT2D eigenvalue weighted by Gasteiger charge is 2.10.